The van der Waals surface area contributed by atoms with E-state index in [1.807, 2.05) is 21.7 Å². The second-order valence-corrected chi connectivity index (χ2v) is 4.93. The van der Waals surface area contributed by atoms with E-state index in [4.69, 9.17) is 4.52 Å². The van der Waals surface area contributed by atoms with Crippen LogP contribution in [-0.2, 0) is 24.2 Å². The molecular formula is C12H12N2O2S. The Morgan fingerprint density at radius 3 is 3.35 bits per heavy atom. The number of aromatic nitrogens is 1. The normalized spacial score (nSPS) is 14.7. The molecule has 0 bridgehead atoms. The standard InChI is InChI=1S/C12H12N2O2S/c15-12(5-9-2-4-17-8-9)14-3-1-11-10(7-14)6-13-16-11/h2,4,6,8H,1,3,5,7H2. The first-order chi connectivity index (χ1) is 8.33. The van der Waals surface area contributed by atoms with E-state index in [9.17, 15) is 4.79 Å². The van der Waals surface area contributed by atoms with E-state index in [1.54, 1.807) is 17.5 Å². The molecule has 0 radical (unpaired) electrons. The summed E-state index contributed by atoms with van der Waals surface area (Å²) in [4.78, 5) is 13.9. The van der Waals surface area contributed by atoms with Gasteiger partial charge in [-0.1, -0.05) is 5.16 Å². The van der Waals surface area contributed by atoms with Gasteiger partial charge in [-0.15, -0.1) is 0 Å². The highest BCUT2D eigenvalue weighted by Crippen LogP contribution is 2.19. The van der Waals surface area contributed by atoms with Crippen LogP contribution in [0.3, 0.4) is 0 Å². The van der Waals surface area contributed by atoms with Gasteiger partial charge < -0.3 is 9.42 Å². The summed E-state index contributed by atoms with van der Waals surface area (Å²) in [6.45, 7) is 1.35. The molecule has 0 saturated carbocycles. The Morgan fingerprint density at radius 1 is 1.59 bits per heavy atom. The smallest absolute Gasteiger partial charge is 0.227 e. The van der Waals surface area contributed by atoms with Crippen molar-refractivity contribution in [1.82, 2.24) is 10.1 Å². The Bertz CT molecular complexity index is 518. The van der Waals surface area contributed by atoms with E-state index in [0.717, 1.165) is 29.9 Å². The lowest BCUT2D eigenvalue weighted by molar-refractivity contribution is -0.131. The average molecular weight is 248 g/mol. The van der Waals surface area contributed by atoms with Crippen LogP contribution in [-0.4, -0.2) is 22.5 Å². The van der Waals surface area contributed by atoms with E-state index in [0.29, 0.717) is 13.0 Å². The molecule has 17 heavy (non-hydrogen) atoms. The molecule has 1 amide bonds. The highest BCUT2D eigenvalue weighted by molar-refractivity contribution is 7.07. The van der Waals surface area contributed by atoms with Gasteiger partial charge in [0.15, 0.2) is 0 Å². The molecule has 0 N–H and O–H groups in total. The minimum absolute atomic E-state index is 0.176. The summed E-state index contributed by atoms with van der Waals surface area (Å²) in [7, 11) is 0. The monoisotopic (exact) mass is 248 g/mol. The molecule has 3 heterocycles. The maximum Gasteiger partial charge on any atom is 0.227 e. The second-order valence-electron chi connectivity index (χ2n) is 4.15. The fraction of sp³-hybridized carbons (Fsp3) is 0.333. The third-order valence-corrected chi connectivity index (χ3v) is 3.72. The third-order valence-electron chi connectivity index (χ3n) is 2.99. The lowest BCUT2D eigenvalue weighted by Crippen LogP contribution is -2.36. The highest BCUT2D eigenvalue weighted by atomic mass is 32.1. The Kier molecular flexibility index (Phi) is 2.68. The van der Waals surface area contributed by atoms with Crippen molar-refractivity contribution in [2.24, 2.45) is 0 Å². The van der Waals surface area contributed by atoms with Gasteiger partial charge in [0.2, 0.25) is 5.91 Å². The summed E-state index contributed by atoms with van der Waals surface area (Å²) in [5, 5.41) is 7.78. The number of carbonyl (C=O) groups excluding carboxylic acids is 1. The molecule has 0 aliphatic carbocycles. The molecule has 4 nitrogen and oxygen atoms in total. The molecule has 1 aliphatic rings. The fourth-order valence-corrected chi connectivity index (χ4v) is 2.70. The van der Waals surface area contributed by atoms with Crippen molar-refractivity contribution < 1.29 is 9.32 Å². The minimum atomic E-state index is 0.176. The van der Waals surface area contributed by atoms with Gasteiger partial charge in [0.05, 0.1) is 19.2 Å². The quantitative estimate of drug-likeness (QED) is 0.815. The number of carbonyl (C=O) groups is 1. The lowest BCUT2D eigenvalue weighted by Gasteiger charge is -2.25. The Morgan fingerprint density at radius 2 is 2.53 bits per heavy atom. The van der Waals surface area contributed by atoms with Crippen molar-refractivity contribution in [1.29, 1.82) is 0 Å². The fourth-order valence-electron chi connectivity index (χ4n) is 2.03. The number of hydrogen-bond acceptors (Lipinski definition) is 4. The van der Waals surface area contributed by atoms with Crippen LogP contribution < -0.4 is 0 Å². The van der Waals surface area contributed by atoms with E-state index in [2.05, 4.69) is 5.16 Å². The summed E-state index contributed by atoms with van der Waals surface area (Å²) >= 11 is 1.62. The van der Waals surface area contributed by atoms with Gasteiger partial charge in [0.1, 0.15) is 5.76 Å². The largest absolute Gasteiger partial charge is 0.361 e. The summed E-state index contributed by atoms with van der Waals surface area (Å²) in [5.41, 5.74) is 2.13. The van der Waals surface area contributed by atoms with E-state index >= 15 is 0 Å². The van der Waals surface area contributed by atoms with Gasteiger partial charge in [0, 0.05) is 18.5 Å². The molecule has 3 rings (SSSR count). The number of rotatable bonds is 2. The molecule has 0 unspecified atom stereocenters. The maximum atomic E-state index is 12.1. The minimum Gasteiger partial charge on any atom is -0.361 e. The predicted molar refractivity (Wildman–Crippen MR) is 63.6 cm³/mol. The van der Waals surface area contributed by atoms with E-state index < -0.39 is 0 Å². The third kappa shape index (κ3) is 2.10. The number of amides is 1. The molecular weight excluding hydrogens is 236 g/mol. The molecule has 0 spiro atoms. The molecule has 0 aromatic carbocycles. The van der Waals surface area contributed by atoms with Crippen molar-refractivity contribution in [3.05, 3.63) is 39.9 Å². The summed E-state index contributed by atoms with van der Waals surface area (Å²) in [5.74, 6) is 1.10. The Hall–Kier alpha value is -1.62. The molecule has 0 saturated heterocycles. The summed E-state index contributed by atoms with van der Waals surface area (Å²) in [6.07, 6.45) is 2.97. The molecule has 2 aromatic heterocycles. The Labute approximate surface area is 103 Å². The highest BCUT2D eigenvalue weighted by Gasteiger charge is 2.23. The number of nitrogens with zero attached hydrogens (tertiary/aromatic N) is 2. The van der Waals surface area contributed by atoms with Crippen molar-refractivity contribution >= 4 is 17.2 Å². The van der Waals surface area contributed by atoms with Crippen LogP contribution in [0.1, 0.15) is 16.9 Å². The lowest BCUT2D eigenvalue weighted by atomic mass is 10.1. The summed E-state index contributed by atoms with van der Waals surface area (Å²) in [6, 6.07) is 2.00. The zero-order chi connectivity index (χ0) is 11.7. The van der Waals surface area contributed by atoms with Crippen LogP contribution in [0.25, 0.3) is 0 Å². The second kappa shape index (κ2) is 4.33. The molecule has 88 valence electrons. The van der Waals surface area contributed by atoms with Crippen LogP contribution in [0.5, 0.6) is 0 Å². The van der Waals surface area contributed by atoms with E-state index in [-0.39, 0.29) is 5.91 Å². The molecule has 1 aliphatic heterocycles. The number of hydrogen-bond donors (Lipinski definition) is 0. The first-order valence-corrected chi connectivity index (χ1v) is 6.48. The van der Waals surface area contributed by atoms with Gasteiger partial charge in [0.25, 0.3) is 0 Å². The zero-order valence-corrected chi connectivity index (χ0v) is 10.1. The van der Waals surface area contributed by atoms with Crippen LogP contribution in [0.4, 0.5) is 0 Å². The summed E-state index contributed by atoms with van der Waals surface area (Å²) < 4.78 is 5.10. The van der Waals surface area contributed by atoms with Crippen LogP contribution in [0.2, 0.25) is 0 Å². The zero-order valence-electron chi connectivity index (χ0n) is 9.26. The van der Waals surface area contributed by atoms with Gasteiger partial charge in [-0.25, -0.2) is 0 Å². The molecule has 5 heteroatoms. The van der Waals surface area contributed by atoms with Crippen LogP contribution in [0, 0.1) is 0 Å². The first kappa shape index (κ1) is 10.5. The molecule has 0 fully saturated rings. The van der Waals surface area contributed by atoms with Crippen molar-refractivity contribution in [3.63, 3.8) is 0 Å². The van der Waals surface area contributed by atoms with Gasteiger partial charge in [-0.2, -0.15) is 11.3 Å². The predicted octanol–water partition coefficient (Wildman–Crippen LogP) is 1.86. The average Bonchev–Trinajstić information content (AvgIpc) is 2.97. The van der Waals surface area contributed by atoms with Crippen molar-refractivity contribution in [2.75, 3.05) is 6.54 Å². The Balaban J connectivity index is 1.68. The SMILES string of the molecule is O=C(Cc1ccsc1)N1CCc2oncc2C1. The number of fused-ring (bicyclic) bond motifs is 1. The van der Waals surface area contributed by atoms with E-state index in [1.165, 1.54) is 0 Å². The number of thiophene rings is 1. The maximum absolute atomic E-state index is 12.1. The van der Waals surface area contributed by atoms with Crippen molar-refractivity contribution in [2.45, 2.75) is 19.4 Å². The van der Waals surface area contributed by atoms with Gasteiger partial charge in [-0.05, 0) is 22.4 Å². The van der Waals surface area contributed by atoms with Crippen LogP contribution >= 0.6 is 11.3 Å². The topological polar surface area (TPSA) is 46.3 Å². The van der Waals surface area contributed by atoms with Gasteiger partial charge in [-0.3, -0.25) is 4.79 Å². The first-order valence-electron chi connectivity index (χ1n) is 5.54. The van der Waals surface area contributed by atoms with Crippen molar-refractivity contribution in [3.8, 4) is 0 Å². The molecule has 0 atom stereocenters. The molecule has 2 aromatic rings. The van der Waals surface area contributed by atoms with Gasteiger partial charge >= 0.3 is 0 Å². The van der Waals surface area contributed by atoms with Crippen LogP contribution in [0.15, 0.2) is 27.5 Å².